The number of fused-ring (bicyclic) bond motifs is 1. The molecule has 0 unspecified atom stereocenters. The number of aromatic nitrogens is 1. The maximum Gasteiger partial charge on any atom is 0.122 e. The first-order valence-electron chi connectivity index (χ1n) is 5.21. The quantitative estimate of drug-likeness (QED) is 0.851. The van der Waals surface area contributed by atoms with Crippen LogP contribution in [0.25, 0.3) is 0 Å². The molecule has 1 aliphatic carbocycles. The van der Waals surface area contributed by atoms with Crippen LogP contribution in [0, 0.1) is 5.92 Å². The van der Waals surface area contributed by atoms with Gasteiger partial charge in [0.25, 0.3) is 0 Å². The normalized spacial score (nSPS) is 31.6. The summed E-state index contributed by atoms with van der Waals surface area (Å²) in [5.74, 6) is 1.86. The number of pyridine rings is 1. The lowest BCUT2D eigenvalue weighted by Gasteiger charge is -2.13. The van der Waals surface area contributed by atoms with Gasteiger partial charge in [0.1, 0.15) is 12.4 Å². The molecule has 1 aliphatic heterocycles. The smallest absolute Gasteiger partial charge is 0.122 e. The Bertz CT molecular complexity index is 310. The third-order valence-corrected chi connectivity index (χ3v) is 3.06. The van der Waals surface area contributed by atoms with E-state index in [2.05, 4.69) is 10.3 Å². The van der Waals surface area contributed by atoms with E-state index in [1.54, 1.807) is 12.4 Å². The molecule has 0 aromatic carbocycles. The average molecular weight is 227 g/mol. The molecular weight excluding hydrogens is 212 g/mol. The van der Waals surface area contributed by atoms with E-state index in [4.69, 9.17) is 4.74 Å². The number of nitrogens with zero attached hydrogens (tertiary/aromatic N) is 1. The van der Waals surface area contributed by atoms with Crippen molar-refractivity contribution in [1.29, 1.82) is 0 Å². The van der Waals surface area contributed by atoms with Gasteiger partial charge in [-0.25, -0.2) is 0 Å². The molecule has 1 N–H and O–H groups in total. The van der Waals surface area contributed by atoms with E-state index in [1.165, 1.54) is 12.8 Å². The van der Waals surface area contributed by atoms with Crippen LogP contribution >= 0.6 is 12.4 Å². The molecule has 1 saturated heterocycles. The fourth-order valence-electron chi connectivity index (χ4n) is 2.20. The molecule has 1 aromatic heterocycles. The third-order valence-electron chi connectivity index (χ3n) is 3.06. The summed E-state index contributed by atoms with van der Waals surface area (Å²) in [6.07, 6.45) is 6.19. The monoisotopic (exact) mass is 226 g/mol. The maximum absolute atomic E-state index is 5.66. The van der Waals surface area contributed by atoms with E-state index >= 15 is 0 Å². The summed E-state index contributed by atoms with van der Waals surface area (Å²) < 4.78 is 5.66. The Labute approximate surface area is 95.6 Å². The summed E-state index contributed by atoms with van der Waals surface area (Å²) >= 11 is 0. The number of piperidine rings is 1. The molecule has 0 amide bonds. The Kier molecular flexibility index (Phi) is 3.12. The first kappa shape index (κ1) is 10.7. The molecule has 3 rings (SSSR count). The minimum Gasteiger partial charge on any atom is -0.492 e. The zero-order valence-corrected chi connectivity index (χ0v) is 9.24. The van der Waals surface area contributed by atoms with Crippen LogP contribution in [0.15, 0.2) is 24.5 Å². The second-order valence-electron chi connectivity index (χ2n) is 4.20. The molecule has 2 fully saturated rings. The molecule has 82 valence electrons. The predicted octanol–water partition coefficient (Wildman–Crippen LogP) is 1.63. The zero-order valence-electron chi connectivity index (χ0n) is 8.43. The van der Waals surface area contributed by atoms with Gasteiger partial charge in [0.05, 0.1) is 0 Å². The van der Waals surface area contributed by atoms with Gasteiger partial charge in [-0.15, -0.1) is 12.4 Å². The second-order valence-corrected chi connectivity index (χ2v) is 4.20. The van der Waals surface area contributed by atoms with Crippen molar-refractivity contribution < 1.29 is 4.74 Å². The lowest BCUT2D eigenvalue weighted by molar-refractivity contribution is 0.268. The van der Waals surface area contributed by atoms with Crippen molar-refractivity contribution in [2.75, 3.05) is 6.61 Å². The second kappa shape index (κ2) is 4.37. The molecule has 2 heterocycles. The van der Waals surface area contributed by atoms with Crippen molar-refractivity contribution in [3.63, 3.8) is 0 Å². The highest BCUT2D eigenvalue weighted by Gasteiger charge is 2.45. The van der Waals surface area contributed by atoms with Crippen LogP contribution in [0.2, 0.25) is 0 Å². The van der Waals surface area contributed by atoms with Gasteiger partial charge in [-0.2, -0.15) is 0 Å². The molecule has 1 saturated carbocycles. The van der Waals surface area contributed by atoms with Crippen molar-refractivity contribution in [3.8, 4) is 5.75 Å². The van der Waals surface area contributed by atoms with Gasteiger partial charge in [-0.3, -0.25) is 4.98 Å². The van der Waals surface area contributed by atoms with Crippen LogP contribution in [0.3, 0.4) is 0 Å². The van der Waals surface area contributed by atoms with Crippen LogP contribution in [0.1, 0.15) is 12.8 Å². The van der Waals surface area contributed by atoms with Gasteiger partial charge in [-0.05, 0) is 30.9 Å². The summed E-state index contributed by atoms with van der Waals surface area (Å²) in [7, 11) is 0. The zero-order chi connectivity index (χ0) is 9.38. The van der Waals surface area contributed by atoms with Crippen LogP contribution in [-0.2, 0) is 0 Å². The fourth-order valence-corrected chi connectivity index (χ4v) is 2.20. The highest BCUT2D eigenvalue weighted by Crippen LogP contribution is 2.40. The number of hydrogen-bond donors (Lipinski definition) is 1. The minimum absolute atomic E-state index is 0. The largest absolute Gasteiger partial charge is 0.492 e. The standard InChI is InChI=1S/C11H14N2O.ClH/c1-3-12-4-2-10(1)14-7-9-5-8-6-11(8)13-9;/h1-4,8-9,11,13H,5-7H2;1H/t8-,9-,11+;/m0./s1. The molecule has 15 heavy (non-hydrogen) atoms. The van der Waals surface area contributed by atoms with Crippen molar-refractivity contribution in [1.82, 2.24) is 10.3 Å². The van der Waals surface area contributed by atoms with Crippen LogP contribution in [-0.4, -0.2) is 23.7 Å². The highest BCUT2D eigenvalue weighted by atomic mass is 35.5. The van der Waals surface area contributed by atoms with Crippen LogP contribution < -0.4 is 10.1 Å². The molecule has 4 heteroatoms. The van der Waals surface area contributed by atoms with Crippen LogP contribution in [0.5, 0.6) is 5.75 Å². The van der Waals surface area contributed by atoms with Gasteiger partial charge < -0.3 is 10.1 Å². The van der Waals surface area contributed by atoms with Gasteiger partial charge in [0, 0.05) is 24.5 Å². The molecule has 2 aliphatic rings. The Morgan fingerprint density at radius 2 is 2.13 bits per heavy atom. The van der Waals surface area contributed by atoms with Gasteiger partial charge in [0.2, 0.25) is 0 Å². The van der Waals surface area contributed by atoms with Gasteiger partial charge in [-0.1, -0.05) is 0 Å². The van der Waals surface area contributed by atoms with Gasteiger partial charge in [0.15, 0.2) is 0 Å². The highest BCUT2D eigenvalue weighted by molar-refractivity contribution is 5.85. The molecule has 3 atom stereocenters. The molecule has 3 nitrogen and oxygen atoms in total. The van der Waals surface area contributed by atoms with E-state index in [0.29, 0.717) is 6.04 Å². The predicted molar refractivity (Wildman–Crippen MR) is 60.4 cm³/mol. The number of nitrogens with one attached hydrogen (secondary N) is 1. The van der Waals surface area contributed by atoms with Crippen molar-refractivity contribution >= 4 is 12.4 Å². The van der Waals surface area contributed by atoms with E-state index < -0.39 is 0 Å². The van der Waals surface area contributed by atoms with Crippen molar-refractivity contribution in [3.05, 3.63) is 24.5 Å². The fraction of sp³-hybridized carbons (Fsp3) is 0.545. The summed E-state index contributed by atoms with van der Waals surface area (Å²) in [6.45, 7) is 0.789. The first-order chi connectivity index (χ1) is 6.92. The molecule has 0 spiro atoms. The molecule has 0 bridgehead atoms. The van der Waals surface area contributed by atoms with E-state index in [-0.39, 0.29) is 12.4 Å². The summed E-state index contributed by atoms with van der Waals surface area (Å²) in [6, 6.07) is 5.17. The van der Waals surface area contributed by atoms with Crippen molar-refractivity contribution in [2.24, 2.45) is 5.92 Å². The SMILES string of the molecule is Cl.c1cc(OC[C@@H]2C[C@H]3C[C@H]3N2)ccn1. The summed E-state index contributed by atoms with van der Waals surface area (Å²) in [4.78, 5) is 3.95. The maximum atomic E-state index is 5.66. The number of rotatable bonds is 3. The van der Waals surface area contributed by atoms with Crippen molar-refractivity contribution in [2.45, 2.75) is 24.9 Å². The lowest BCUT2D eigenvalue weighted by Crippen LogP contribution is -2.31. The van der Waals surface area contributed by atoms with E-state index in [1.807, 2.05) is 12.1 Å². The number of hydrogen-bond acceptors (Lipinski definition) is 3. The summed E-state index contributed by atoms with van der Waals surface area (Å²) in [5, 5.41) is 3.56. The van der Waals surface area contributed by atoms with Crippen LogP contribution in [0.4, 0.5) is 0 Å². The third kappa shape index (κ3) is 2.41. The number of ether oxygens (including phenoxy) is 1. The first-order valence-corrected chi connectivity index (χ1v) is 5.21. The Balaban J connectivity index is 0.000000853. The Morgan fingerprint density at radius 1 is 1.33 bits per heavy atom. The molecule has 0 radical (unpaired) electrons. The van der Waals surface area contributed by atoms with Gasteiger partial charge >= 0.3 is 0 Å². The molecular formula is C11H15ClN2O. The average Bonchev–Trinajstić information content (AvgIpc) is 2.85. The lowest BCUT2D eigenvalue weighted by atomic mass is 10.2. The van der Waals surface area contributed by atoms with E-state index in [9.17, 15) is 0 Å². The van der Waals surface area contributed by atoms with E-state index in [0.717, 1.165) is 24.3 Å². The molecule has 1 aromatic rings. The minimum atomic E-state index is 0. The Morgan fingerprint density at radius 3 is 2.80 bits per heavy atom. The summed E-state index contributed by atoms with van der Waals surface area (Å²) in [5.41, 5.74) is 0. The Hall–Kier alpha value is -0.800. The topological polar surface area (TPSA) is 34.1 Å². The number of halogens is 1.